The molecule has 0 saturated heterocycles. The molecule has 14 heavy (non-hydrogen) atoms. The molecule has 0 saturated carbocycles. The summed E-state index contributed by atoms with van der Waals surface area (Å²) in [6, 6.07) is 2.18. The minimum atomic E-state index is 0. The summed E-state index contributed by atoms with van der Waals surface area (Å²) < 4.78 is 0. The van der Waals surface area contributed by atoms with Gasteiger partial charge in [0.05, 0.1) is 0 Å². The molecule has 0 radical (unpaired) electrons. The average molecular weight is 234 g/mol. The molecule has 3 heteroatoms. The van der Waals surface area contributed by atoms with Gasteiger partial charge < -0.3 is 5.32 Å². The molecule has 82 valence electrons. The van der Waals surface area contributed by atoms with Crippen LogP contribution in [0.15, 0.2) is 16.8 Å². The van der Waals surface area contributed by atoms with Gasteiger partial charge in [0, 0.05) is 6.54 Å². The highest BCUT2D eigenvalue weighted by Gasteiger charge is 1.91. The summed E-state index contributed by atoms with van der Waals surface area (Å²) in [5, 5.41) is 7.79. The van der Waals surface area contributed by atoms with Gasteiger partial charge in [-0.05, 0) is 35.4 Å². The number of unbranched alkanes of at least 4 members (excludes halogenated alkanes) is 3. The maximum atomic E-state index is 3.45. The highest BCUT2D eigenvalue weighted by Crippen LogP contribution is 2.05. The lowest BCUT2D eigenvalue weighted by Crippen LogP contribution is -2.13. The van der Waals surface area contributed by atoms with Gasteiger partial charge in [-0.15, -0.1) is 12.4 Å². The molecule has 0 fully saturated rings. The number of hydrogen-bond acceptors (Lipinski definition) is 2. The maximum Gasteiger partial charge on any atom is 0.0213 e. The predicted octanol–water partition coefficient (Wildman–Crippen LogP) is 3.84. The summed E-state index contributed by atoms with van der Waals surface area (Å²) in [5.74, 6) is 0. The lowest BCUT2D eigenvalue weighted by Gasteiger charge is -2.02. The lowest BCUT2D eigenvalue weighted by molar-refractivity contribution is 0.598. The van der Waals surface area contributed by atoms with E-state index >= 15 is 0 Å². The SMILES string of the molecule is CCCCCCNCc1ccsc1.Cl. The molecule has 0 aliphatic rings. The summed E-state index contributed by atoms with van der Waals surface area (Å²) in [6.07, 6.45) is 5.38. The van der Waals surface area contributed by atoms with Crippen LogP contribution in [0.1, 0.15) is 38.2 Å². The third-order valence-electron chi connectivity index (χ3n) is 2.12. The zero-order chi connectivity index (χ0) is 9.36. The van der Waals surface area contributed by atoms with Crippen LogP contribution in [0.4, 0.5) is 0 Å². The van der Waals surface area contributed by atoms with Gasteiger partial charge in [0.25, 0.3) is 0 Å². The molecule has 0 unspecified atom stereocenters. The van der Waals surface area contributed by atoms with Crippen molar-refractivity contribution in [1.29, 1.82) is 0 Å². The van der Waals surface area contributed by atoms with Crippen molar-refractivity contribution in [2.24, 2.45) is 0 Å². The standard InChI is InChI=1S/C11H19NS.ClH/c1-2-3-4-5-7-12-9-11-6-8-13-10-11;/h6,8,10,12H,2-5,7,9H2,1H3;1H. The molecule has 0 aromatic carbocycles. The number of nitrogens with one attached hydrogen (secondary N) is 1. The predicted molar refractivity (Wildman–Crippen MR) is 67.4 cm³/mol. The van der Waals surface area contributed by atoms with E-state index in [0.717, 1.165) is 13.1 Å². The second-order valence-corrected chi connectivity index (χ2v) is 4.15. The molecule has 0 aliphatic heterocycles. The number of thiophene rings is 1. The van der Waals surface area contributed by atoms with Gasteiger partial charge in [-0.1, -0.05) is 26.2 Å². The fourth-order valence-corrected chi connectivity index (χ4v) is 1.97. The van der Waals surface area contributed by atoms with Crippen molar-refractivity contribution in [2.45, 2.75) is 39.2 Å². The Morgan fingerprint density at radius 3 is 2.79 bits per heavy atom. The molecule has 1 heterocycles. The van der Waals surface area contributed by atoms with Gasteiger partial charge in [-0.3, -0.25) is 0 Å². The van der Waals surface area contributed by atoms with Crippen molar-refractivity contribution in [3.8, 4) is 0 Å². The van der Waals surface area contributed by atoms with E-state index in [1.165, 1.54) is 31.2 Å². The van der Waals surface area contributed by atoms with Gasteiger partial charge in [0.15, 0.2) is 0 Å². The van der Waals surface area contributed by atoms with E-state index < -0.39 is 0 Å². The van der Waals surface area contributed by atoms with Crippen LogP contribution in [0.2, 0.25) is 0 Å². The molecule has 1 nitrogen and oxygen atoms in total. The van der Waals surface area contributed by atoms with Gasteiger partial charge in [0.1, 0.15) is 0 Å². The van der Waals surface area contributed by atoms with Crippen molar-refractivity contribution in [1.82, 2.24) is 5.32 Å². The molecule has 0 amide bonds. The highest BCUT2D eigenvalue weighted by molar-refractivity contribution is 7.07. The van der Waals surface area contributed by atoms with Crippen molar-refractivity contribution in [2.75, 3.05) is 6.54 Å². The summed E-state index contributed by atoms with van der Waals surface area (Å²) in [4.78, 5) is 0. The van der Waals surface area contributed by atoms with Crippen LogP contribution >= 0.6 is 23.7 Å². The Morgan fingerprint density at radius 1 is 1.29 bits per heavy atom. The van der Waals surface area contributed by atoms with Gasteiger partial charge in [-0.2, -0.15) is 11.3 Å². The van der Waals surface area contributed by atoms with E-state index in [9.17, 15) is 0 Å². The van der Waals surface area contributed by atoms with Crippen LogP contribution in [0.25, 0.3) is 0 Å². The Hall–Kier alpha value is -0.0500. The topological polar surface area (TPSA) is 12.0 Å². The quantitative estimate of drug-likeness (QED) is 0.706. The Bertz CT molecular complexity index is 199. The smallest absolute Gasteiger partial charge is 0.0213 e. The first kappa shape index (κ1) is 13.9. The molecule has 1 aromatic heterocycles. The third-order valence-corrected chi connectivity index (χ3v) is 2.85. The molecule has 0 atom stereocenters. The van der Waals surface area contributed by atoms with E-state index in [2.05, 4.69) is 29.1 Å². The Morgan fingerprint density at radius 2 is 2.14 bits per heavy atom. The minimum absolute atomic E-state index is 0. The Balaban J connectivity index is 0.00000169. The van der Waals surface area contributed by atoms with Crippen LogP contribution in [-0.2, 0) is 6.54 Å². The Labute approximate surface area is 97.3 Å². The summed E-state index contributed by atoms with van der Waals surface area (Å²) in [5.41, 5.74) is 1.42. The van der Waals surface area contributed by atoms with Gasteiger partial charge >= 0.3 is 0 Å². The zero-order valence-corrected chi connectivity index (χ0v) is 10.4. The first-order valence-electron chi connectivity index (χ1n) is 5.15. The van der Waals surface area contributed by atoms with Crippen molar-refractivity contribution < 1.29 is 0 Å². The fourth-order valence-electron chi connectivity index (χ4n) is 1.30. The van der Waals surface area contributed by atoms with Crippen molar-refractivity contribution in [3.05, 3.63) is 22.4 Å². The number of hydrogen-bond donors (Lipinski definition) is 1. The summed E-state index contributed by atoms with van der Waals surface area (Å²) >= 11 is 1.77. The van der Waals surface area contributed by atoms with Gasteiger partial charge in [0.2, 0.25) is 0 Å². The minimum Gasteiger partial charge on any atom is -0.313 e. The van der Waals surface area contributed by atoms with Crippen LogP contribution in [-0.4, -0.2) is 6.54 Å². The molecule has 1 N–H and O–H groups in total. The third kappa shape index (κ3) is 6.41. The van der Waals surface area contributed by atoms with Crippen LogP contribution in [0.5, 0.6) is 0 Å². The second kappa shape index (κ2) is 9.50. The van der Waals surface area contributed by atoms with E-state index in [1.807, 2.05) is 0 Å². The van der Waals surface area contributed by atoms with Crippen LogP contribution < -0.4 is 5.32 Å². The zero-order valence-electron chi connectivity index (χ0n) is 8.79. The summed E-state index contributed by atoms with van der Waals surface area (Å²) in [6.45, 7) is 4.45. The van der Waals surface area contributed by atoms with Crippen LogP contribution in [0.3, 0.4) is 0 Å². The lowest BCUT2D eigenvalue weighted by atomic mass is 10.2. The molecule has 0 bridgehead atoms. The fraction of sp³-hybridized carbons (Fsp3) is 0.636. The van der Waals surface area contributed by atoms with Gasteiger partial charge in [-0.25, -0.2) is 0 Å². The molecule has 1 rings (SSSR count). The second-order valence-electron chi connectivity index (χ2n) is 3.37. The monoisotopic (exact) mass is 233 g/mol. The summed E-state index contributed by atoms with van der Waals surface area (Å²) in [7, 11) is 0. The van der Waals surface area contributed by atoms with E-state index in [1.54, 1.807) is 11.3 Å². The number of rotatable bonds is 7. The first-order chi connectivity index (χ1) is 6.43. The van der Waals surface area contributed by atoms with E-state index in [4.69, 9.17) is 0 Å². The van der Waals surface area contributed by atoms with E-state index in [-0.39, 0.29) is 12.4 Å². The molecular weight excluding hydrogens is 214 g/mol. The molecule has 0 spiro atoms. The maximum absolute atomic E-state index is 3.45. The molecule has 1 aromatic rings. The molecular formula is C11H20ClNS. The first-order valence-corrected chi connectivity index (χ1v) is 6.09. The molecule has 0 aliphatic carbocycles. The average Bonchev–Trinajstić information content (AvgIpc) is 2.63. The van der Waals surface area contributed by atoms with Crippen molar-refractivity contribution in [3.63, 3.8) is 0 Å². The largest absolute Gasteiger partial charge is 0.313 e. The Kier molecular flexibility index (Phi) is 9.47. The van der Waals surface area contributed by atoms with Crippen LogP contribution in [0, 0.1) is 0 Å². The number of halogens is 1. The van der Waals surface area contributed by atoms with E-state index in [0.29, 0.717) is 0 Å². The normalized spacial score (nSPS) is 9.79. The highest BCUT2D eigenvalue weighted by atomic mass is 35.5. The van der Waals surface area contributed by atoms with Crippen molar-refractivity contribution >= 4 is 23.7 Å².